The summed E-state index contributed by atoms with van der Waals surface area (Å²) >= 11 is 0. The van der Waals surface area contributed by atoms with E-state index in [0.717, 1.165) is 0 Å². The van der Waals surface area contributed by atoms with Crippen molar-refractivity contribution in [1.29, 1.82) is 0 Å². The molecule has 3 aromatic rings. The monoisotopic (exact) mass is 288 g/mol. The SMILES string of the molecule is CCn1nc2c(=O)n(-c3ccc(C)c(F)c3)ccn2c1=O. The summed E-state index contributed by atoms with van der Waals surface area (Å²) in [5.41, 5.74) is 0.0747. The second kappa shape index (κ2) is 4.69. The van der Waals surface area contributed by atoms with E-state index < -0.39 is 11.4 Å². The number of fused-ring (bicyclic) bond motifs is 1. The molecule has 0 aliphatic rings. The van der Waals surface area contributed by atoms with Crippen molar-refractivity contribution in [3.05, 3.63) is 62.8 Å². The van der Waals surface area contributed by atoms with Crippen LogP contribution in [0.4, 0.5) is 4.39 Å². The van der Waals surface area contributed by atoms with Crippen molar-refractivity contribution in [3.63, 3.8) is 0 Å². The van der Waals surface area contributed by atoms with Crippen LogP contribution < -0.4 is 11.2 Å². The first-order valence-corrected chi connectivity index (χ1v) is 6.50. The largest absolute Gasteiger partial charge is 0.350 e. The summed E-state index contributed by atoms with van der Waals surface area (Å²) in [5, 5.41) is 4.00. The zero-order valence-corrected chi connectivity index (χ0v) is 11.6. The molecule has 108 valence electrons. The van der Waals surface area contributed by atoms with Gasteiger partial charge in [0.15, 0.2) is 0 Å². The highest BCUT2D eigenvalue weighted by molar-refractivity contribution is 5.41. The van der Waals surface area contributed by atoms with E-state index in [-0.39, 0.29) is 11.3 Å². The molecule has 0 aliphatic carbocycles. The molecule has 0 fully saturated rings. The molecule has 0 saturated carbocycles. The first kappa shape index (κ1) is 13.3. The second-order valence-corrected chi connectivity index (χ2v) is 4.70. The topological polar surface area (TPSA) is 61.3 Å². The van der Waals surface area contributed by atoms with Gasteiger partial charge in [0.05, 0.1) is 5.69 Å². The van der Waals surface area contributed by atoms with Crippen LogP contribution in [0.15, 0.2) is 40.2 Å². The minimum absolute atomic E-state index is 0.0188. The summed E-state index contributed by atoms with van der Waals surface area (Å²) in [4.78, 5) is 24.3. The molecular formula is C14H13FN4O2. The van der Waals surface area contributed by atoms with Crippen LogP contribution in [0, 0.1) is 12.7 Å². The standard InChI is InChI=1S/C14H13FN4O2/c1-3-19-14(21)18-7-6-17(13(20)12(18)16-19)10-5-4-9(2)11(15)8-10/h4-8H,3H2,1-2H3. The van der Waals surface area contributed by atoms with E-state index in [1.54, 1.807) is 26.0 Å². The highest BCUT2D eigenvalue weighted by atomic mass is 19.1. The molecule has 0 atom stereocenters. The van der Waals surface area contributed by atoms with Gasteiger partial charge in [-0.15, -0.1) is 5.10 Å². The molecule has 3 rings (SSSR count). The molecule has 21 heavy (non-hydrogen) atoms. The maximum absolute atomic E-state index is 13.6. The molecule has 0 amide bonds. The lowest BCUT2D eigenvalue weighted by molar-refractivity contribution is 0.617. The smallest absolute Gasteiger partial charge is 0.279 e. The Bertz CT molecular complexity index is 952. The van der Waals surface area contributed by atoms with Crippen LogP contribution in [0.3, 0.4) is 0 Å². The van der Waals surface area contributed by atoms with Crippen LogP contribution in [0.5, 0.6) is 0 Å². The van der Waals surface area contributed by atoms with Crippen molar-refractivity contribution in [2.45, 2.75) is 20.4 Å². The zero-order chi connectivity index (χ0) is 15.1. The molecule has 0 N–H and O–H groups in total. The lowest BCUT2D eigenvalue weighted by atomic mass is 10.2. The van der Waals surface area contributed by atoms with Crippen molar-refractivity contribution in [3.8, 4) is 5.69 Å². The summed E-state index contributed by atoms with van der Waals surface area (Å²) in [6.45, 7) is 3.79. The molecule has 0 bridgehead atoms. The van der Waals surface area contributed by atoms with Crippen LogP contribution >= 0.6 is 0 Å². The van der Waals surface area contributed by atoms with E-state index in [1.807, 2.05) is 0 Å². The Morgan fingerprint density at radius 3 is 2.67 bits per heavy atom. The average Bonchev–Trinajstić information content (AvgIpc) is 2.80. The van der Waals surface area contributed by atoms with E-state index in [2.05, 4.69) is 5.10 Å². The van der Waals surface area contributed by atoms with E-state index >= 15 is 0 Å². The number of hydrogen-bond donors (Lipinski definition) is 0. The summed E-state index contributed by atoms with van der Waals surface area (Å²) in [7, 11) is 0. The van der Waals surface area contributed by atoms with Gasteiger partial charge in [0.25, 0.3) is 0 Å². The number of nitrogens with zero attached hydrogens (tertiary/aromatic N) is 4. The second-order valence-electron chi connectivity index (χ2n) is 4.70. The Balaban J connectivity index is 2.29. The molecule has 2 aromatic heterocycles. The van der Waals surface area contributed by atoms with Gasteiger partial charge in [-0.1, -0.05) is 6.07 Å². The highest BCUT2D eigenvalue weighted by Gasteiger charge is 2.12. The Kier molecular flexibility index (Phi) is 2.97. The van der Waals surface area contributed by atoms with Crippen molar-refractivity contribution >= 4 is 5.65 Å². The van der Waals surface area contributed by atoms with Gasteiger partial charge >= 0.3 is 11.2 Å². The van der Waals surface area contributed by atoms with Crippen LogP contribution in [0.1, 0.15) is 12.5 Å². The van der Waals surface area contributed by atoms with Gasteiger partial charge in [-0.05, 0) is 31.5 Å². The fourth-order valence-corrected chi connectivity index (χ4v) is 2.15. The molecular weight excluding hydrogens is 275 g/mol. The summed E-state index contributed by atoms with van der Waals surface area (Å²) in [5.74, 6) is -0.393. The number of aromatic nitrogens is 4. The fraction of sp³-hybridized carbons (Fsp3) is 0.214. The van der Waals surface area contributed by atoms with E-state index in [9.17, 15) is 14.0 Å². The van der Waals surface area contributed by atoms with Crippen LogP contribution in [0.25, 0.3) is 11.3 Å². The summed E-state index contributed by atoms with van der Waals surface area (Å²) in [6.07, 6.45) is 2.89. The number of benzene rings is 1. The molecule has 7 heteroatoms. The zero-order valence-electron chi connectivity index (χ0n) is 11.6. The van der Waals surface area contributed by atoms with Gasteiger partial charge in [-0.2, -0.15) is 0 Å². The van der Waals surface area contributed by atoms with Crippen LogP contribution in [0.2, 0.25) is 0 Å². The van der Waals surface area contributed by atoms with E-state index in [0.29, 0.717) is 17.8 Å². The Labute approximate surface area is 118 Å². The predicted molar refractivity (Wildman–Crippen MR) is 75.4 cm³/mol. The first-order chi connectivity index (χ1) is 10.0. The number of hydrogen-bond acceptors (Lipinski definition) is 3. The number of halogens is 1. The van der Waals surface area contributed by atoms with Gasteiger partial charge in [0.1, 0.15) is 5.82 Å². The fourth-order valence-electron chi connectivity index (χ4n) is 2.15. The number of aryl methyl sites for hydroxylation is 2. The van der Waals surface area contributed by atoms with Gasteiger partial charge in [0.2, 0.25) is 5.65 Å². The lowest BCUT2D eigenvalue weighted by Gasteiger charge is -2.06. The normalized spacial score (nSPS) is 11.2. The van der Waals surface area contributed by atoms with Gasteiger partial charge in [-0.25, -0.2) is 18.3 Å². The number of rotatable bonds is 2. The third-order valence-corrected chi connectivity index (χ3v) is 3.38. The van der Waals surface area contributed by atoms with Crippen LogP contribution in [-0.4, -0.2) is 18.7 Å². The third-order valence-electron chi connectivity index (χ3n) is 3.38. The van der Waals surface area contributed by atoms with Gasteiger partial charge in [-0.3, -0.25) is 9.36 Å². The molecule has 0 saturated heterocycles. The predicted octanol–water partition coefficient (Wildman–Crippen LogP) is 1.11. The lowest BCUT2D eigenvalue weighted by Crippen LogP contribution is -2.23. The molecule has 6 nitrogen and oxygen atoms in total. The van der Waals surface area contributed by atoms with Crippen molar-refractivity contribution < 1.29 is 4.39 Å². The van der Waals surface area contributed by atoms with E-state index in [1.165, 1.54) is 32.1 Å². The molecule has 0 spiro atoms. The van der Waals surface area contributed by atoms with Crippen molar-refractivity contribution in [1.82, 2.24) is 18.7 Å². The summed E-state index contributed by atoms with van der Waals surface area (Å²) in [6, 6.07) is 4.52. The minimum atomic E-state index is -0.468. The van der Waals surface area contributed by atoms with Gasteiger partial charge in [0, 0.05) is 18.9 Å². The molecule has 0 unspecified atom stereocenters. The van der Waals surface area contributed by atoms with Crippen molar-refractivity contribution in [2.24, 2.45) is 0 Å². The van der Waals surface area contributed by atoms with E-state index in [4.69, 9.17) is 0 Å². The average molecular weight is 288 g/mol. The first-order valence-electron chi connectivity index (χ1n) is 6.50. The van der Waals surface area contributed by atoms with Crippen molar-refractivity contribution in [2.75, 3.05) is 0 Å². The molecule has 1 aromatic carbocycles. The third kappa shape index (κ3) is 1.97. The van der Waals surface area contributed by atoms with Crippen LogP contribution in [-0.2, 0) is 6.54 Å². The minimum Gasteiger partial charge on any atom is -0.279 e. The molecule has 0 aliphatic heterocycles. The Morgan fingerprint density at radius 2 is 2.00 bits per heavy atom. The quantitative estimate of drug-likeness (QED) is 0.710. The summed E-state index contributed by atoms with van der Waals surface area (Å²) < 4.78 is 17.3. The molecule has 0 radical (unpaired) electrons. The maximum Gasteiger partial charge on any atom is 0.350 e. The molecule has 2 heterocycles. The van der Waals surface area contributed by atoms with Gasteiger partial charge < -0.3 is 0 Å². The Morgan fingerprint density at radius 1 is 1.24 bits per heavy atom. The Hall–Kier alpha value is -2.70. The highest BCUT2D eigenvalue weighted by Crippen LogP contribution is 2.11. The maximum atomic E-state index is 13.6.